The summed E-state index contributed by atoms with van der Waals surface area (Å²) in [6.45, 7) is 0. The van der Waals surface area contributed by atoms with Crippen LogP contribution >= 0.6 is 11.3 Å². The van der Waals surface area contributed by atoms with Crippen LogP contribution in [0.2, 0.25) is 0 Å². The highest BCUT2D eigenvalue weighted by Gasteiger charge is 2.36. The number of carbonyl (C=O) groups is 1. The first-order valence-corrected chi connectivity index (χ1v) is 10.1. The van der Waals surface area contributed by atoms with Gasteiger partial charge in [0.15, 0.2) is 10.8 Å². The molecule has 0 atom stereocenters. The Labute approximate surface area is 170 Å². The monoisotopic (exact) mass is 403 g/mol. The Bertz CT molecular complexity index is 1110. The molecule has 0 aromatic carbocycles. The lowest BCUT2D eigenvalue weighted by Crippen LogP contribution is -2.44. The fourth-order valence-electron chi connectivity index (χ4n) is 3.48. The molecule has 1 amide bonds. The van der Waals surface area contributed by atoms with E-state index in [4.69, 9.17) is 0 Å². The summed E-state index contributed by atoms with van der Waals surface area (Å²) in [6.07, 6.45) is 8.51. The molecule has 8 nitrogen and oxygen atoms in total. The second kappa shape index (κ2) is 7.51. The molecule has 1 N–H and O–H groups in total. The molecule has 0 spiro atoms. The number of nitrogens with one attached hydrogen (secondary N) is 1. The fraction of sp³-hybridized carbons (Fsp3) is 0.200. The van der Waals surface area contributed by atoms with Crippen LogP contribution < -0.4 is 5.32 Å². The molecule has 0 saturated heterocycles. The van der Waals surface area contributed by atoms with Crippen molar-refractivity contribution < 1.29 is 4.79 Å². The molecule has 4 heterocycles. The molecule has 9 heteroatoms. The van der Waals surface area contributed by atoms with Crippen molar-refractivity contribution in [2.24, 2.45) is 0 Å². The summed E-state index contributed by atoms with van der Waals surface area (Å²) in [7, 11) is 0. The van der Waals surface area contributed by atoms with Crippen molar-refractivity contribution >= 4 is 17.2 Å². The van der Waals surface area contributed by atoms with E-state index in [0.29, 0.717) is 11.5 Å². The van der Waals surface area contributed by atoms with E-state index < -0.39 is 0 Å². The number of amides is 1. The van der Waals surface area contributed by atoms with Crippen LogP contribution in [0, 0.1) is 0 Å². The number of carbonyl (C=O) groups excluding carboxylic acids is 1. The van der Waals surface area contributed by atoms with Gasteiger partial charge in [0, 0.05) is 35.9 Å². The molecule has 4 aromatic rings. The van der Waals surface area contributed by atoms with Crippen LogP contribution in [0.25, 0.3) is 16.5 Å². The molecule has 0 radical (unpaired) electrons. The molecule has 1 aliphatic rings. The van der Waals surface area contributed by atoms with Crippen molar-refractivity contribution in [3.8, 4) is 16.5 Å². The van der Waals surface area contributed by atoms with Gasteiger partial charge in [-0.15, -0.1) is 21.5 Å². The van der Waals surface area contributed by atoms with E-state index in [1.807, 2.05) is 28.1 Å². The minimum absolute atomic E-state index is 0.0943. The lowest BCUT2D eigenvalue weighted by atomic mass is 9.79. The summed E-state index contributed by atoms with van der Waals surface area (Å²) in [5.41, 5.74) is 1.33. The second-order valence-corrected chi connectivity index (χ2v) is 7.71. The predicted octanol–water partition coefficient (Wildman–Crippen LogP) is 2.86. The van der Waals surface area contributed by atoms with Crippen LogP contribution in [0.15, 0.2) is 60.5 Å². The van der Waals surface area contributed by atoms with Gasteiger partial charge in [0.1, 0.15) is 11.5 Å². The summed E-state index contributed by atoms with van der Waals surface area (Å²) in [5, 5.41) is 14.7. The van der Waals surface area contributed by atoms with Crippen molar-refractivity contribution in [1.82, 2.24) is 35.0 Å². The topological polar surface area (TPSA) is 98.5 Å². The minimum atomic E-state index is -0.147. The maximum absolute atomic E-state index is 12.3. The first-order valence-electron chi connectivity index (χ1n) is 9.27. The van der Waals surface area contributed by atoms with Crippen molar-refractivity contribution in [3.05, 3.63) is 72.0 Å². The third-order valence-electron chi connectivity index (χ3n) is 4.95. The van der Waals surface area contributed by atoms with Crippen LogP contribution in [-0.4, -0.2) is 41.7 Å². The molecular weight excluding hydrogens is 386 g/mol. The smallest absolute Gasteiger partial charge is 0.270 e. The molecule has 5 rings (SSSR count). The van der Waals surface area contributed by atoms with Gasteiger partial charge < -0.3 is 5.32 Å². The first-order chi connectivity index (χ1) is 14.3. The molecule has 1 saturated carbocycles. The number of nitrogens with zero attached hydrogens (tertiary/aromatic N) is 6. The van der Waals surface area contributed by atoms with Gasteiger partial charge in [-0.1, -0.05) is 6.07 Å². The Morgan fingerprint density at radius 3 is 2.72 bits per heavy atom. The molecule has 4 aromatic heterocycles. The zero-order valence-corrected chi connectivity index (χ0v) is 16.2. The van der Waals surface area contributed by atoms with E-state index >= 15 is 0 Å². The number of aromatic nitrogens is 6. The van der Waals surface area contributed by atoms with Gasteiger partial charge in [-0.25, -0.2) is 4.98 Å². The molecule has 1 aliphatic carbocycles. The van der Waals surface area contributed by atoms with E-state index in [0.717, 1.165) is 29.4 Å². The van der Waals surface area contributed by atoms with Crippen LogP contribution in [-0.2, 0) is 0 Å². The molecular formula is C20H17N7OS. The SMILES string of the molecule is O=C(NC1CC(c2nnc(-c3nccs3)n2-c2cccnc2)C1)c1ccccn1. The Morgan fingerprint density at radius 2 is 2.00 bits per heavy atom. The summed E-state index contributed by atoms with van der Waals surface area (Å²) >= 11 is 1.52. The van der Waals surface area contributed by atoms with E-state index in [2.05, 4.69) is 30.5 Å². The number of pyridine rings is 2. The molecule has 1 fully saturated rings. The summed E-state index contributed by atoms with van der Waals surface area (Å²) in [6, 6.07) is 9.28. The molecule has 0 bridgehead atoms. The lowest BCUT2D eigenvalue weighted by Gasteiger charge is -2.35. The van der Waals surface area contributed by atoms with E-state index in [1.165, 1.54) is 11.3 Å². The van der Waals surface area contributed by atoms with Crippen LogP contribution in [0.4, 0.5) is 0 Å². The molecule has 0 unspecified atom stereocenters. The number of thiazole rings is 1. The van der Waals surface area contributed by atoms with Gasteiger partial charge in [0.25, 0.3) is 5.91 Å². The molecule has 144 valence electrons. The van der Waals surface area contributed by atoms with Gasteiger partial charge in [-0.05, 0) is 37.1 Å². The first kappa shape index (κ1) is 17.6. The van der Waals surface area contributed by atoms with Gasteiger partial charge >= 0.3 is 0 Å². The lowest BCUT2D eigenvalue weighted by molar-refractivity contribution is 0.0902. The Balaban J connectivity index is 1.37. The van der Waals surface area contributed by atoms with Gasteiger partial charge in [-0.3, -0.25) is 19.3 Å². The van der Waals surface area contributed by atoms with Gasteiger partial charge in [0.05, 0.1) is 11.9 Å². The largest absolute Gasteiger partial charge is 0.348 e. The van der Waals surface area contributed by atoms with Gasteiger partial charge in [0.2, 0.25) is 0 Å². The van der Waals surface area contributed by atoms with Crippen LogP contribution in [0.5, 0.6) is 0 Å². The zero-order valence-electron chi connectivity index (χ0n) is 15.3. The standard InChI is InChI=1S/C20H17N7OS/c28-19(16-5-1-2-7-22-16)24-14-10-13(11-14)17-25-26-18(20-23-8-9-29-20)27(17)15-4-3-6-21-12-15/h1-9,12-14H,10-11H2,(H,24,28). The average molecular weight is 403 g/mol. The second-order valence-electron chi connectivity index (χ2n) is 6.82. The van der Waals surface area contributed by atoms with Crippen molar-refractivity contribution in [1.29, 1.82) is 0 Å². The van der Waals surface area contributed by atoms with Crippen molar-refractivity contribution in [3.63, 3.8) is 0 Å². The third-order valence-corrected chi connectivity index (χ3v) is 5.72. The third kappa shape index (κ3) is 3.40. The Kier molecular flexibility index (Phi) is 4.57. The maximum atomic E-state index is 12.3. The normalized spacial score (nSPS) is 18.2. The Hall–Kier alpha value is -3.46. The summed E-state index contributed by atoms with van der Waals surface area (Å²) in [5.74, 6) is 1.63. The number of hydrogen-bond acceptors (Lipinski definition) is 7. The van der Waals surface area contributed by atoms with Crippen LogP contribution in [0.1, 0.15) is 35.1 Å². The zero-order chi connectivity index (χ0) is 19.6. The molecule has 0 aliphatic heterocycles. The maximum Gasteiger partial charge on any atom is 0.270 e. The Morgan fingerprint density at radius 1 is 1.07 bits per heavy atom. The number of rotatable bonds is 5. The summed E-state index contributed by atoms with van der Waals surface area (Å²) < 4.78 is 2.02. The van der Waals surface area contributed by atoms with Crippen molar-refractivity contribution in [2.75, 3.05) is 0 Å². The highest BCUT2D eigenvalue weighted by Crippen LogP contribution is 2.38. The average Bonchev–Trinajstić information content (AvgIpc) is 3.41. The molecule has 29 heavy (non-hydrogen) atoms. The minimum Gasteiger partial charge on any atom is -0.348 e. The summed E-state index contributed by atoms with van der Waals surface area (Å²) in [4.78, 5) is 25.0. The predicted molar refractivity (Wildman–Crippen MR) is 108 cm³/mol. The number of hydrogen-bond donors (Lipinski definition) is 1. The van der Waals surface area contributed by atoms with E-state index in [-0.39, 0.29) is 17.9 Å². The highest BCUT2D eigenvalue weighted by molar-refractivity contribution is 7.13. The van der Waals surface area contributed by atoms with Crippen molar-refractivity contribution in [2.45, 2.75) is 24.8 Å². The quantitative estimate of drug-likeness (QED) is 0.550. The van der Waals surface area contributed by atoms with Gasteiger partial charge in [-0.2, -0.15) is 0 Å². The van der Waals surface area contributed by atoms with E-state index in [9.17, 15) is 4.79 Å². The highest BCUT2D eigenvalue weighted by atomic mass is 32.1. The fourth-order valence-corrected chi connectivity index (χ4v) is 4.09. The van der Waals surface area contributed by atoms with Crippen LogP contribution in [0.3, 0.4) is 0 Å². The van der Waals surface area contributed by atoms with E-state index in [1.54, 1.807) is 36.9 Å².